The Morgan fingerprint density at radius 1 is 1.36 bits per heavy atom. The van der Waals surface area contributed by atoms with E-state index in [4.69, 9.17) is 4.74 Å². The van der Waals surface area contributed by atoms with Crippen LogP contribution in [0.5, 0.6) is 0 Å². The fraction of sp³-hybridized carbons (Fsp3) is 0.909. The van der Waals surface area contributed by atoms with Crippen LogP contribution in [-0.2, 0) is 4.74 Å². The fourth-order valence-electron chi connectivity index (χ4n) is 1.82. The van der Waals surface area contributed by atoms with Gasteiger partial charge in [-0.05, 0) is 39.5 Å². The van der Waals surface area contributed by atoms with Gasteiger partial charge in [0.15, 0.2) is 0 Å². The second-order valence-electron chi connectivity index (χ2n) is 5.16. The summed E-state index contributed by atoms with van der Waals surface area (Å²) in [4.78, 5) is 11.4. The third-order valence-corrected chi connectivity index (χ3v) is 2.56. The van der Waals surface area contributed by atoms with Gasteiger partial charge in [-0.3, -0.25) is 0 Å². The standard InChI is InChI=1S/C11H21NO2/c1-8-6-5-7-9(8)12-10(13)14-11(2,3)4/h8-9H,5-7H2,1-4H3,(H,12,13)/t8-,9-/m1/s1. The average molecular weight is 199 g/mol. The van der Waals surface area contributed by atoms with E-state index in [1.54, 1.807) is 0 Å². The van der Waals surface area contributed by atoms with Gasteiger partial charge in [0.05, 0.1) is 0 Å². The van der Waals surface area contributed by atoms with Crippen LogP contribution < -0.4 is 5.32 Å². The summed E-state index contributed by atoms with van der Waals surface area (Å²) in [6, 6.07) is 0.310. The summed E-state index contributed by atoms with van der Waals surface area (Å²) >= 11 is 0. The minimum Gasteiger partial charge on any atom is -0.444 e. The number of rotatable bonds is 1. The van der Waals surface area contributed by atoms with Crippen LogP contribution in [-0.4, -0.2) is 17.7 Å². The summed E-state index contributed by atoms with van der Waals surface area (Å²) in [5.74, 6) is 0.586. The van der Waals surface area contributed by atoms with Crippen LogP contribution in [0.2, 0.25) is 0 Å². The summed E-state index contributed by atoms with van der Waals surface area (Å²) in [5, 5.41) is 2.92. The highest BCUT2D eigenvalue weighted by atomic mass is 16.6. The summed E-state index contributed by atoms with van der Waals surface area (Å²) in [7, 11) is 0. The molecule has 0 heterocycles. The van der Waals surface area contributed by atoms with Crippen molar-refractivity contribution in [2.24, 2.45) is 5.92 Å². The van der Waals surface area contributed by atoms with E-state index in [1.807, 2.05) is 20.8 Å². The molecule has 0 saturated heterocycles. The van der Waals surface area contributed by atoms with E-state index >= 15 is 0 Å². The van der Waals surface area contributed by atoms with Crippen molar-refractivity contribution < 1.29 is 9.53 Å². The molecule has 1 amide bonds. The third kappa shape index (κ3) is 3.56. The molecule has 0 unspecified atom stereocenters. The minimum atomic E-state index is -0.397. The molecule has 0 aromatic heterocycles. The summed E-state index contributed by atoms with van der Waals surface area (Å²) < 4.78 is 5.20. The first-order valence-electron chi connectivity index (χ1n) is 5.38. The van der Waals surface area contributed by atoms with Crippen molar-refractivity contribution in [1.82, 2.24) is 5.32 Å². The van der Waals surface area contributed by atoms with E-state index in [-0.39, 0.29) is 6.09 Å². The molecule has 0 aromatic rings. The Hall–Kier alpha value is -0.730. The molecule has 1 aliphatic carbocycles. The maximum Gasteiger partial charge on any atom is 0.407 e. The average Bonchev–Trinajstić information content (AvgIpc) is 2.32. The van der Waals surface area contributed by atoms with Crippen molar-refractivity contribution in [3.8, 4) is 0 Å². The van der Waals surface area contributed by atoms with Crippen LogP contribution in [0.1, 0.15) is 47.0 Å². The Kier molecular flexibility index (Phi) is 3.40. The summed E-state index contributed by atoms with van der Waals surface area (Å²) in [5.41, 5.74) is -0.397. The van der Waals surface area contributed by atoms with Crippen molar-refractivity contribution >= 4 is 6.09 Å². The number of amides is 1. The van der Waals surface area contributed by atoms with E-state index in [1.165, 1.54) is 12.8 Å². The lowest BCUT2D eigenvalue weighted by molar-refractivity contribution is 0.0495. The Labute approximate surface area is 86.2 Å². The molecule has 0 radical (unpaired) electrons. The molecule has 1 aliphatic rings. The highest BCUT2D eigenvalue weighted by molar-refractivity contribution is 5.68. The van der Waals surface area contributed by atoms with Crippen LogP contribution in [0.3, 0.4) is 0 Å². The van der Waals surface area contributed by atoms with E-state index in [2.05, 4.69) is 12.2 Å². The lowest BCUT2D eigenvalue weighted by atomic mass is 10.1. The number of carbonyl (C=O) groups is 1. The zero-order chi connectivity index (χ0) is 10.8. The maximum absolute atomic E-state index is 11.4. The molecule has 2 atom stereocenters. The number of nitrogens with one attached hydrogen (secondary N) is 1. The topological polar surface area (TPSA) is 38.3 Å². The zero-order valence-corrected chi connectivity index (χ0v) is 9.59. The van der Waals surface area contributed by atoms with E-state index in [0.29, 0.717) is 12.0 Å². The zero-order valence-electron chi connectivity index (χ0n) is 9.59. The Balaban J connectivity index is 2.33. The van der Waals surface area contributed by atoms with Gasteiger partial charge in [0, 0.05) is 6.04 Å². The molecule has 1 saturated carbocycles. The predicted octanol–water partition coefficient (Wildman–Crippen LogP) is 2.70. The third-order valence-electron chi connectivity index (χ3n) is 2.56. The van der Waals surface area contributed by atoms with Gasteiger partial charge in [-0.25, -0.2) is 4.79 Å². The molecule has 3 nitrogen and oxygen atoms in total. The molecule has 14 heavy (non-hydrogen) atoms. The monoisotopic (exact) mass is 199 g/mol. The summed E-state index contributed by atoms with van der Waals surface area (Å²) in [6.45, 7) is 7.81. The molecule has 82 valence electrons. The van der Waals surface area contributed by atoms with Crippen LogP contribution >= 0.6 is 0 Å². The van der Waals surface area contributed by atoms with Crippen molar-refractivity contribution in [3.63, 3.8) is 0 Å². The van der Waals surface area contributed by atoms with Gasteiger partial charge < -0.3 is 10.1 Å². The SMILES string of the molecule is C[C@@H]1CCC[C@H]1NC(=O)OC(C)(C)C. The molecule has 1 N–H and O–H groups in total. The molecular weight excluding hydrogens is 178 g/mol. The lowest BCUT2D eigenvalue weighted by Crippen LogP contribution is -2.40. The fourth-order valence-corrected chi connectivity index (χ4v) is 1.82. The number of hydrogen-bond acceptors (Lipinski definition) is 2. The smallest absolute Gasteiger partial charge is 0.407 e. The molecule has 0 spiro atoms. The second kappa shape index (κ2) is 4.20. The van der Waals surface area contributed by atoms with E-state index in [0.717, 1.165) is 6.42 Å². The molecule has 1 fully saturated rings. The first-order chi connectivity index (χ1) is 6.38. The van der Waals surface area contributed by atoms with Gasteiger partial charge in [-0.2, -0.15) is 0 Å². The van der Waals surface area contributed by atoms with Gasteiger partial charge in [0.1, 0.15) is 5.60 Å². The largest absolute Gasteiger partial charge is 0.444 e. The second-order valence-corrected chi connectivity index (χ2v) is 5.16. The van der Waals surface area contributed by atoms with Gasteiger partial charge in [0.2, 0.25) is 0 Å². The normalized spacial score (nSPS) is 27.4. The molecule has 0 aromatic carbocycles. The van der Waals surface area contributed by atoms with E-state index in [9.17, 15) is 4.79 Å². The van der Waals surface area contributed by atoms with Gasteiger partial charge in [-0.1, -0.05) is 13.3 Å². The highest BCUT2D eigenvalue weighted by Gasteiger charge is 2.26. The predicted molar refractivity (Wildman–Crippen MR) is 56.2 cm³/mol. The molecule has 1 rings (SSSR count). The van der Waals surface area contributed by atoms with Crippen molar-refractivity contribution in [3.05, 3.63) is 0 Å². The van der Waals surface area contributed by atoms with Crippen LogP contribution in [0.15, 0.2) is 0 Å². The van der Waals surface area contributed by atoms with Crippen LogP contribution in [0.25, 0.3) is 0 Å². The molecule has 3 heteroatoms. The van der Waals surface area contributed by atoms with Crippen LogP contribution in [0, 0.1) is 5.92 Å². The number of ether oxygens (including phenoxy) is 1. The maximum atomic E-state index is 11.4. The quantitative estimate of drug-likeness (QED) is 0.705. The number of hydrogen-bond donors (Lipinski definition) is 1. The molecule has 0 bridgehead atoms. The minimum absolute atomic E-state index is 0.281. The lowest BCUT2D eigenvalue weighted by Gasteiger charge is -2.23. The van der Waals surface area contributed by atoms with Gasteiger partial charge in [-0.15, -0.1) is 0 Å². The number of carbonyl (C=O) groups excluding carboxylic acids is 1. The van der Waals surface area contributed by atoms with Crippen molar-refractivity contribution in [1.29, 1.82) is 0 Å². The van der Waals surface area contributed by atoms with E-state index < -0.39 is 5.60 Å². The highest BCUT2D eigenvalue weighted by Crippen LogP contribution is 2.25. The Bertz CT molecular complexity index is 208. The number of alkyl carbamates (subject to hydrolysis) is 1. The van der Waals surface area contributed by atoms with Crippen molar-refractivity contribution in [2.75, 3.05) is 0 Å². The first kappa shape index (κ1) is 11.3. The first-order valence-corrected chi connectivity index (χ1v) is 5.38. The molecule has 0 aliphatic heterocycles. The Morgan fingerprint density at radius 2 is 2.00 bits per heavy atom. The van der Waals surface area contributed by atoms with Gasteiger partial charge >= 0.3 is 6.09 Å². The van der Waals surface area contributed by atoms with Gasteiger partial charge in [0.25, 0.3) is 0 Å². The van der Waals surface area contributed by atoms with Crippen molar-refractivity contribution in [2.45, 2.75) is 58.6 Å². The van der Waals surface area contributed by atoms with Crippen LogP contribution in [0.4, 0.5) is 4.79 Å². The molecular formula is C11H21NO2. The summed E-state index contributed by atoms with van der Waals surface area (Å²) in [6.07, 6.45) is 3.22. The Morgan fingerprint density at radius 3 is 2.43 bits per heavy atom.